The van der Waals surface area contributed by atoms with Crippen LogP contribution in [0.15, 0.2) is 72.8 Å². The second kappa shape index (κ2) is 7.81. The van der Waals surface area contributed by atoms with Gasteiger partial charge in [-0.25, -0.2) is 4.39 Å². The highest BCUT2D eigenvalue weighted by atomic mass is 19.1. The lowest BCUT2D eigenvalue weighted by Gasteiger charge is -2.21. The van der Waals surface area contributed by atoms with Gasteiger partial charge in [-0.15, -0.1) is 0 Å². The molecule has 0 spiro atoms. The van der Waals surface area contributed by atoms with Gasteiger partial charge in [-0.1, -0.05) is 36.4 Å². The van der Waals surface area contributed by atoms with Crippen LogP contribution in [0.25, 0.3) is 0 Å². The Hall–Kier alpha value is -2.85. The van der Waals surface area contributed by atoms with Crippen LogP contribution in [0.1, 0.15) is 22.7 Å². The Bertz CT molecular complexity index is 833. The van der Waals surface area contributed by atoms with Gasteiger partial charge in [0.25, 0.3) is 0 Å². The van der Waals surface area contributed by atoms with Crippen LogP contribution >= 0.6 is 0 Å². The van der Waals surface area contributed by atoms with E-state index in [4.69, 9.17) is 10.5 Å². The number of hydrogen-bond donors (Lipinski definition) is 2. The first-order valence-corrected chi connectivity index (χ1v) is 8.13. The summed E-state index contributed by atoms with van der Waals surface area (Å²) in [7, 11) is 1.65. The van der Waals surface area contributed by atoms with E-state index in [-0.39, 0.29) is 11.9 Å². The summed E-state index contributed by atoms with van der Waals surface area (Å²) in [6, 6.07) is 22.2. The van der Waals surface area contributed by atoms with Crippen LogP contribution in [0.4, 0.5) is 10.1 Å². The van der Waals surface area contributed by atoms with E-state index in [1.54, 1.807) is 13.2 Å². The largest absolute Gasteiger partial charge is 0.497 e. The average Bonchev–Trinajstić information content (AvgIpc) is 2.63. The van der Waals surface area contributed by atoms with Crippen molar-refractivity contribution >= 4 is 5.69 Å². The molecule has 1 atom stereocenters. The summed E-state index contributed by atoms with van der Waals surface area (Å²) < 4.78 is 18.6. The molecule has 4 heteroatoms. The van der Waals surface area contributed by atoms with Gasteiger partial charge in [0.15, 0.2) is 0 Å². The van der Waals surface area contributed by atoms with Crippen molar-refractivity contribution in [3.05, 3.63) is 95.3 Å². The van der Waals surface area contributed by atoms with Crippen LogP contribution in [0.3, 0.4) is 0 Å². The molecule has 3 rings (SSSR count). The summed E-state index contributed by atoms with van der Waals surface area (Å²) in [5, 5.41) is 3.50. The molecular weight excluding hydrogens is 315 g/mol. The molecule has 0 aromatic heterocycles. The van der Waals surface area contributed by atoms with E-state index in [1.165, 1.54) is 12.1 Å². The second-order valence-electron chi connectivity index (χ2n) is 5.89. The van der Waals surface area contributed by atoms with Crippen molar-refractivity contribution in [2.75, 3.05) is 12.8 Å². The number of nitrogens with one attached hydrogen (secondary N) is 1. The minimum Gasteiger partial charge on any atom is -0.497 e. The molecule has 0 saturated carbocycles. The average molecular weight is 336 g/mol. The van der Waals surface area contributed by atoms with Gasteiger partial charge >= 0.3 is 0 Å². The molecule has 0 aliphatic heterocycles. The first-order valence-electron chi connectivity index (χ1n) is 8.13. The molecule has 1 unspecified atom stereocenters. The van der Waals surface area contributed by atoms with E-state index < -0.39 is 0 Å². The zero-order chi connectivity index (χ0) is 17.6. The summed E-state index contributed by atoms with van der Waals surface area (Å²) >= 11 is 0. The Balaban J connectivity index is 1.88. The molecule has 3 N–H and O–H groups in total. The number of halogens is 1. The van der Waals surface area contributed by atoms with Gasteiger partial charge in [-0.05, 0) is 53.1 Å². The number of benzene rings is 3. The number of nitrogens with two attached hydrogens (primary N) is 1. The molecule has 3 aromatic rings. The smallest absolute Gasteiger partial charge is 0.123 e. The van der Waals surface area contributed by atoms with Crippen molar-refractivity contribution in [3.8, 4) is 5.75 Å². The Kier molecular flexibility index (Phi) is 5.31. The van der Waals surface area contributed by atoms with Crippen molar-refractivity contribution in [2.24, 2.45) is 0 Å². The van der Waals surface area contributed by atoms with Crippen molar-refractivity contribution in [1.29, 1.82) is 0 Å². The maximum absolute atomic E-state index is 13.4. The Morgan fingerprint density at radius 2 is 1.72 bits per heavy atom. The molecule has 0 fully saturated rings. The van der Waals surface area contributed by atoms with Gasteiger partial charge in [0.2, 0.25) is 0 Å². The molecule has 0 radical (unpaired) electrons. The molecule has 0 heterocycles. The number of methoxy groups -OCH3 is 1. The third-order valence-electron chi connectivity index (χ3n) is 4.09. The van der Waals surface area contributed by atoms with Crippen LogP contribution in [0.2, 0.25) is 0 Å². The van der Waals surface area contributed by atoms with E-state index in [2.05, 4.69) is 5.32 Å². The van der Waals surface area contributed by atoms with E-state index in [0.29, 0.717) is 12.2 Å². The topological polar surface area (TPSA) is 47.3 Å². The lowest BCUT2D eigenvalue weighted by Crippen LogP contribution is -2.22. The minimum atomic E-state index is -0.232. The van der Waals surface area contributed by atoms with E-state index in [9.17, 15) is 4.39 Å². The van der Waals surface area contributed by atoms with Crippen LogP contribution in [0.5, 0.6) is 5.75 Å². The lowest BCUT2D eigenvalue weighted by atomic mass is 9.97. The summed E-state index contributed by atoms with van der Waals surface area (Å²) in [5.74, 6) is 0.574. The summed E-state index contributed by atoms with van der Waals surface area (Å²) in [6.45, 7) is 0.545. The maximum atomic E-state index is 13.4. The fourth-order valence-electron chi connectivity index (χ4n) is 2.83. The van der Waals surface area contributed by atoms with E-state index >= 15 is 0 Å². The zero-order valence-corrected chi connectivity index (χ0v) is 14.1. The molecule has 0 aliphatic carbocycles. The van der Waals surface area contributed by atoms with Gasteiger partial charge < -0.3 is 15.8 Å². The first-order chi connectivity index (χ1) is 12.2. The Labute approximate surface area is 147 Å². The van der Waals surface area contributed by atoms with Crippen LogP contribution in [0, 0.1) is 5.82 Å². The molecule has 0 bridgehead atoms. The van der Waals surface area contributed by atoms with Crippen LogP contribution in [-0.2, 0) is 6.54 Å². The molecule has 0 aliphatic rings. The van der Waals surface area contributed by atoms with E-state index in [1.807, 2.05) is 54.6 Å². The molecule has 0 amide bonds. The molecule has 25 heavy (non-hydrogen) atoms. The highest BCUT2D eigenvalue weighted by Gasteiger charge is 2.14. The number of ether oxygens (including phenoxy) is 1. The fourth-order valence-corrected chi connectivity index (χ4v) is 2.83. The van der Waals surface area contributed by atoms with Gasteiger partial charge in [0.1, 0.15) is 11.6 Å². The van der Waals surface area contributed by atoms with Gasteiger partial charge in [0, 0.05) is 12.2 Å². The Morgan fingerprint density at radius 3 is 2.40 bits per heavy atom. The van der Waals surface area contributed by atoms with Crippen molar-refractivity contribution < 1.29 is 9.13 Å². The summed E-state index contributed by atoms with van der Waals surface area (Å²) in [5.41, 5.74) is 9.70. The summed E-state index contributed by atoms with van der Waals surface area (Å²) in [4.78, 5) is 0. The van der Waals surface area contributed by atoms with Gasteiger partial charge in [-0.2, -0.15) is 0 Å². The number of nitrogen functional groups attached to an aromatic ring is 1. The standard InChI is InChI=1S/C21H21FN2O/c1-25-20-10-8-16(9-11-20)21(17-5-3-7-19(23)13-17)24-14-15-4-2-6-18(22)12-15/h2-13,21,24H,14,23H2,1H3. The van der Waals surface area contributed by atoms with Crippen molar-refractivity contribution in [1.82, 2.24) is 5.32 Å². The normalized spacial score (nSPS) is 11.9. The number of anilines is 1. The van der Waals surface area contributed by atoms with Gasteiger partial charge in [-0.3, -0.25) is 0 Å². The third-order valence-corrected chi connectivity index (χ3v) is 4.09. The quantitative estimate of drug-likeness (QED) is 0.660. The number of hydrogen-bond acceptors (Lipinski definition) is 3. The molecule has 3 aromatic carbocycles. The summed E-state index contributed by atoms with van der Waals surface area (Å²) in [6.07, 6.45) is 0. The lowest BCUT2D eigenvalue weighted by molar-refractivity contribution is 0.414. The van der Waals surface area contributed by atoms with Crippen LogP contribution < -0.4 is 15.8 Å². The predicted molar refractivity (Wildman–Crippen MR) is 98.9 cm³/mol. The third kappa shape index (κ3) is 4.37. The van der Waals surface area contributed by atoms with Crippen molar-refractivity contribution in [2.45, 2.75) is 12.6 Å². The first kappa shape index (κ1) is 17.0. The SMILES string of the molecule is COc1ccc(C(NCc2cccc(F)c2)c2cccc(N)c2)cc1. The zero-order valence-electron chi connectivity index (χ0n) is 14.1. The van der Waals surface area contributed by atoms with Crippen molar-refractivity contribution in [3.63, 3.8) is 0 Å². The monoisotopic (exact) mass is 336 g/mol. The fraction of sp³-hybridized carbons (Fsp3) is 0.143. The second-order valence-corrected chi connectivity index (χ2v) is 5.89. The predicted octanol–water partition coefficient (Wildman–Crippen LogP) is 4.30. The van der Waals surface area contributed by atoms with Gasteiger partial charge in [0.05, 0.1) is 13.2 Å². The number of rotatable bonds is 6. The minimum absolute atomic E-state index is 0.0577. The van der Waals surface area contributed by atoms with E-state index in [0.717, 1.165) is 22.4 Å². The Morgan fingerprint density at radius 1 is 0.960 bits per heavy atom. The maximum Gasteiger partial charge on any atom is 0.123 e. The highest BCUT2D eigenvalue weighted by Crippen LogP contribution is 2.26. The molecular formula is C21H21FN2O. The molecule has 128 valence electrons. The molecule has 3 nitrogen and oxygen atoms in total. The van der Waals surface area contributed by atoms with Crippen LogP contribution in [-0.4, -0.2) is 7.11 Å². The highest BCUT2D eigenvalue weighted by molar-refractivity contribution is 5.45. The molecule has 0 saturated heterocycles.